The summed E-state index contributed by atoms with van der Waals surface area (Å²) >= 11 is 0. The molecule has 0 saturated heterocycles. The molecule has 0 aliphatic heterocycles. The van der Waals surface area contributed by atoms with Crippen LogP contribution in [0.2, 0.25) is 0 Å². The normalized spacial score (nSPS) is 11.8. The molecule has 0 aliphatic carbocycles. The average Bonchev–Trinajstić information content (AvgIpc) is 3.11. The number of benzene rings is 2. The van der Waals surface area contributed by atoms with Crippen LogP contribution in [0.15, 0.2) is 48.5 Å². The first-order valence-corrected chi connectivity index (χ1v) is 8.30. The van der Waals surface area contributed by atoms with Gasteiger partial charge in [-0.25, -0.2) is 4.39 Å². The van der Waals surface area contributed by atoms with E-state index < -0.39 is 17.8 Å². The molecule has 0 unspecified atom stereocenters. The molecule has 27 heavy (non-hydrogen) atoms. The molecule has 1 aromatic heterocycles. The molecule has 140 valence electrons. The van der Waals surface area contributed by atoms with Crippen LogP contribution in [-0.4, -0.2) is 31.1 Å². The minimum Gasteiger partial charge on any atom is -0.497 e. The Labute approximate surface area is 155 Å². The largest absolute Gasteiger partial charge is 0.497 e. The number of hydrogen-bond acceptors (Lipinski definition) is 4. The quantitative estimate of drug-likeness (QED) is 0.652. The maximum absolute atomic E-state index is 13.2. The average molecular weight is 370 g/mol. The van der Waals surface area contributed by atoms with E-state index in [1.165, 1.54) is 31.4 Å². The van der Waals surface area contributed by atoms with E-state index in [1.54, 1.807) is 25.3 Å². The van der Waals surface area contributed by atoms with Crippen LogP contribution in [0.5, 0.6) is 5.75 Å². The van der Waals surface area contributed by atoms with Crippen molar-refractivity contribution in [2.45, 2.75) is 12.5 Å². The minimum atomic E-state index is -0.647. The van der Waals surface area contributed by atoms with Gasteiger partial charge in [-0.3, -0.25) is 9.59 Å². The highest BCUT2D eigenvalue weighted by molar-refractivity contribution is 5.98. The number of halogens is 1. The summed E-state index contributed by atoms with van der Waals surface area (Å²) in [5.74, 6) is -0.591. The summed E-state index contributed by atoms with van der Waals surface area (Å²) in [6.07, 6.45) is -0.0675. The highest BCUT2D eigenvalue weighted by Gasteiger charge is 2.21. The van der Waals surface area contributed by atoms with E-state index >= 15 is 0 Å². The highest BCUT2D eigenvalue weighted by Crippen LogP contribution is 2.23. The molecule has 1 amide bonds. The van der Waals surface area contributed by atoms with Gasteiger partial charge in [0.1, 0.15) is 17.3 Å². The maximum Gasteiger partial charge on any atom is 0.307 e. The van der Waals surface area contributed by atoms with Gasteiger partial charge in [0.25, 0.3) is 5.91 Å². The number of fused-ring (bicyclic) bond motifs is 1. The van der Waals surface area contributed by atoms with E-state index in [1.807, 2.05) is 6.07 Å². The number of hydrogen-bond donors (Lipinski definition) is 2. The van der Waals surface area contributed by atoms with Crippen LogP contribution in [0.4, 0.5) is 4.39 Å². The fourth-order valence-corrected chi connectivity index (χ4v) is 2.79. The van der Waals surface area contributed by atoms with Crippen molar-refractivity contribution in [2.75, 3.05) is 14.2 Å². The Morgan fingerprint density at radius 2 is 1.85 bits per heavy atom. The smallest absolute Gasteiger partial charge is 0.307 e. The van der Waals surface area contributed by atoms with Gasteiger partial charge in [0.05, 0.1) is 26.7 Å². The monoisotopic (exact) mass is 370 g/mol. The molecule has 1 atom stereocenters. The van der Waals surface area contributed by atoms with Gasteiger partial charge in [-0.2, -0.15) is 0 Å². The van der Waals surface area contributed by atoms with E-state index in [-0.39, 0.29) is 12.3 Å². The predicted molar refractivity (Wildman–Crippen MR) is 98.1 cm³/mol. The predicted octanol–water partition coefficient (Wildman–Crippen LogP) is 3.35. The lowest BCUT2D eigenvalue weighted by atomic mass is 10.0. The summed E-state index contributed by atoms with van der Waals surface area (Å²) in [7, 11) is 2.84. The molecule has 2 N–H and O–H groups in total. The van der Waals surface area contributed by atoms with Crippen LogP contribution in [0, 0.1) is 5.82 Å². The minimum absolute atomic E-state index is 0.0675. The lowest BCUT2D eigenvalue weighted by molar-refractivity contribution is -0.141. The molecule has 0 saturated carbocycles. The van der Waals surface area contributed by atoms with Crippen LogP contribution in [0.1, 0.15) is 28.5 Å². The number of H-pyrrole nitrogens is 1. The summed E-state index contributed by atoms with van der Waals surface area (Å²) in [6, 6.07) is 12.1. The van der Waals surface area contributed by atoms with Gasteiger partial charge in [0, 0.05) is 17.0 Å². The van der Waals surface area contributed by atoms with Crippen molar-refractivity contribution in [3.63, 3.8) is 0 Å². The molecule has 3 rings (SSSR count). The third-order valence-electron chi connectivity index (χ3n) is 4.25. The zero-order chi connectivity index (χ0) is 19.4. The van der Waals surface area contributed by atoms with Crippen LogP contribution < -0.4 is 10.1 Å². The number of carbonyl (C=O) groups is 2. The summed E-state index contributed by atoms with van der Waals surface area (Å²) < 4.78 is 23.1. The molecule has 0 spiro atoms. The lowest BCUT2D eigenvalue weighted by Gasteiger charge is -2.18. The number of methoxy groups -OCH3 is 2. The first kappa shape index (κ1) is 18.4. The molecular weight excluding hydrogens is 351 g/mol. The van der Waals surface area contributed by atoms with Gasteiger partial charge < -0.3 is 19.8 Å². The maximum atomic E-state index is 13.2. The van der Waals surface area contributed by atoms with E-state index in [9.17, 15) is 14.0 Å². The van der Waals surface area contributed by atoms with E-state index in [2.05, 4.69) is 10.3 Å². The Balaban J connectivity index is 1.84. The molecule has 1 heterocycles. The van der Waals surface area contributed by atoms with Gasteiger partial charge >= 0.3 is 5.97 Å². The second kappa shape index (κ2) is 7.90. The lowest BCUT2D eigenvalue weighted by Crippen LogP contribution is -2.30. The Bertz CT molecular complexity index is 966. The number of rotatable bonds is 6. The van der Waals surface area contributed by atoms with Gasteiger partial charge in [0.2, 0.25) is 0 Å². The molecule has 0 radical (unpaired) electrons. The van der Waals surface area contributed by atoms with Gasteiger partial charge in [0.15, 0.2) is 0 Å². The number of aromatic amines is 1. The summed E-state index contributed by atoms with van der Waals surface area (Å²) in [6.45, 7) is 0. The zero-order valence-electron chi connectivity index (χ0n) is 14.9. The summed E-state index contributed by atoms with van der Waals surface area (Å²) in [5, 5.41) is 3.65. The van der Waals surface area contributed by atoms with Crippen molar-refractivity contribution >= 4 is 22.8 Å². The standard InChI is InChI=1S/C20H19FN2O4/c1-26-15-8-5-13-9-18(22-16(13)10-15)20(25)23-17(11-19(24)27-2)12-3-6-14(21)7-4-12/h3-10,17,22H,11H2,1-2H3,(H,23,25)/t17-/m1/s1. The second-order valence-corrected chi connectivity index (χ2v) is 5.99. The van der Waals surface area contributed by atoms with Crippen molar-refractivity contribution in [1.82, 2.24) is 10.3 Å². The van der Waals surface area contributed by atoms with E-state index in [0.717, 1.165) is 10.9 Å². The number of amides is 1. The van der Waals surface area contributed by atoms with Crippen molar-refractivity contribution < 1.29 is 23.5 Å². The molecule has 0 fully saturated rings. The molecule has 7 heteroatoms. The molecule has 0 bridgehead atoms. The van der Waals surface area contributed by atoms with Crippen LogP contribution in [0.25, 0.3) is 10.9 Å². The first-order chi connectivity index (χ1) is 13.0. The zero-order valence-corrected chi connectivity index (χ0v) is 14.9. The first-order valence-electron chi connectivity index (χ1n) is 8.30. The number of aromatic nitrogens is 1. The van der Waals surface area contributed by atoms with Gasteiger partial charge in [-0.15, -0.1) is 0 Å². The van der Waals surface area contributed by atoms with Crippen molar-refractivity contribution in [1.29, 1.82) is 0 Å². The van der Waals surface area contributed by atoms with Gasteiger partial charge in [-0.1, -0.05) is 12.1 Å². The Hall–Kier alpha value is -3.35. The Morgan fingerprint density at radius 3 is 2.52 bits per heavy atom. The molecule has 2 aromatic carbocycles. The van der Waals surface area contributed by atoms with Crippen molar-refractivity contribution in [3.05, 3.63) is 65.6 Å². The number of nitrogens with one attached hydrogen (secondary N) is 2. The molecule has 3 aromatic rings. The molecule has 0 aliphatic rings. The fourth-order valence-electron chi connectivity index (χ4n) is 2.79. The summed E-state index contributed by atoms with van der Waals surface area (Å²) in [5.41, 5.74) is 1.70. The number of ether oxygens (including phenoxy) is 2. The SMILES string of the molecule is COC(=O)C[C@@H](NC(=O)c1cc2ccc(OC)cc2[nH]1)c1ccc(F)cc1. The van der Waals surface area contributed by atoms with Crippen molar-refractivity contribution in [3.8, 4) is 5.75 Å². The highest BCUT2D eigenvalue weighted by atomic mass is 19.1. The Morgan fingerprint density at radius 1 is 1.11 bits per heavy atom. The van der Waals surface area contributed by atoms with E-state index in [0.29, 0.717) is 17.0 Å². The second-order valence-electron chi connectivity index (χ2n) is 5.99. The third-order valence-corrected chi connectivity index (χ3v) is 4.25. The van der Waals surface area contributed by atoms with Crippen molar-refractivity contribution in [2.24, 2.45) is 0 Å². The molecular formula is C20H19FN2O4. The topological polar surface area (TPSA) is 80.4 Å². The molecule has 6 nitrogen and oxygen atoms in total. The van der Waals surface area contributed by atoms with E-state index in [4.69, 9.17) is 9.47 Å². The summed E-state index contributed by atoms with van der Waals surface area (Å²) in [4.78, 5) is 27.4. The third kappa shape index (κ3) is 4.25. The van der Waals surface area contributed by atoms with Crippen LogP contribution in [-0.2, 0) is 9.53 Å². The van der Waals surface area contributed by atoms with Crippen LogP contribution >= 0.6 is 0 Å². The number of esters is 1. The van der Waals surface area contributed by atoms with Gasteiger partial charge in [-0.05, 0) is 35.9 Å². The van der Waals surface area contributed by atoms with Crippen LogP contribution in [0.3, 0.4) is 0 Å². The Kier molecular flexibility index (Phi) is 5.40. The fraction of sp³-hybridized carbons (Fsp3) is 0.200. The number of carbonyl (C=O) groups excluding carboxylic acids is 2.